The minimum atomic E-state index is -1.03. The lowest BCUT2D eigenvalue weighted by Gasteiger charge is -2.16. The summed E-state index contributed by atoms with van der Waals surface area (Å²) in [6.07, 6.45) is 0.842. The van der Waals surface area contributed by atoms with E-state index in [-0.39, 0.29) is 12.6 Å². The maximum absolute atomic E-state index is 10.6. The zero-order chi connectivity index (χ0) is 15.7. The number of carbonyl (C=O) groups is 1. The summed E-state index contributed by atoms with van der Waals surface area (Å²) in [5, 5.41) is 21.0. The third-order valence-corrected chi connectivity index (χ3v) is 2.97. The number of aliphatic hydroxyl groups is 1. The third-order valence-electron chi connectivity index (χ3n) is 2.97. The Kier molecular flexibility index (Phi) is 7.56. The van der Waals surface area contributed by atoms with Crippen LogP contribution in [0.25, 0.3) is 0 Å². The molecule has 0 heterocycles. The van der Waals surface area contributed by atoms with Crippen LogP contribution in [0.2, 0.25) is 0 Å². The highest BCUT2D eigenvalue weighted by Gasteiger charge is 2.09. The Balaban J connectivity index is 2.74. The van der Waals surface area contributed by atoms with Gasteiger partial charge in [-0.2, -0.15) is 0 Å². The van der Waals surface area contributed by atoms with Crippen LogP contribution in [0.1, 0.15) is 25.8 Å². The van der Waals surface area contributed by atoms with Crippen LogP contribution in [0.5, 0.6) is 11.5 Å². The highest BCUT2D eigenvalue weighted by molar-refractivity contribution is 5.68. The molecule has 0 saturated carbocycles. The molecule has 118 valence electrons. The van der Waals surface area contributed by atoms with Gasteiger partial charge >= 0.3 is 5.97 Å². The van der Waals surface area contributed by atoms with Crippen LogP contribution in [-0.2, 0) is 11.3 Å². The van der Waals surface area contributed by atoms with Gasteiger partial charge in [0, 0.05) is 12.6 Å². The van der Waals surface area contributed by atoms with Crippen molar-refractivity contribution in [2.75, 3.05) is 19.8 Å². The van der Waals surface area contributed by atoms with Gasteiger partial charge in [-0.25, -0.2) is 4.79 Å². The van der Waals surface area contributed by atoms with E-state index in [0.29, 0.717) is 24.7 Å². The number of carboxylic acid groups (broad SMARTS) is 1. The van der Waals surface area contributed by atoms with Crippen molar-refractivity contribution in [1.82, 2.24) is 5.32 Å². The Morgan fingerprint density at radius 2 is 2.05 bits per heavy atom. The molecular weight excluding hydrogens is 274 g/mol. The van der Waals surface area contributed by atoms with E-state index in [1.807, 2.05) is 26.0 Å². The molecule has 6 heteroatoms. The number of hydrogen-bond acceptors (Lipinski definition) is 5. The van der Waals surface area contributed by atoms with Gasteiger partial charge < -0.3 is 25.0 Å². The quantitative estimate of drug-likeness (QED) is 0.605. The van der Waals surface area contributed by atoms with E-state index >= 15 is 0 Å². The van der Waals surface area contributed by atoms with Crippen molar-refractivity contribution in [2.45, 2.75) is 32.9 Å². The van der Waals surface area contributed by atoms with E-state index in [1.165, 1.54) is 0 Å². The normalized spacial score (nSPS) is 12.0. The van der Waals surface area contributed by atoms with Crippen LogP contribution in [0, 0.1) is 0 Å². The molecule has 0 fully saturated rings. The fourth-order valence-corrected chi connectivity index (χ4v) is 1.79. The first-order valence-corrected chi connectivity index (χ1v) is 7.05. The molecule has 0 aliphatic carbocycles. The summed E-state index contributed by atoms with van der Waals surface area (Å²) in [4.78, 5) is 10.6. The van der Waals surface area contributed by atoms with Crippen LogP contribution in [0.3, 0.4) is 0 Å². The summed E-state index contributed by atoms with van der Waals surface area (Å²) < 4.78 is 10.7. The standard InChI is InChI=1S/C15H23NO5/c1-3-12(9-17)16-8-11-5-6-13(21-10-15(18)19)14(7-11)20-4-2/h5-7,12,16-17H,3-4,8-10H2,1-2H3,(H,18,19)/t12-/m0/s1. The zero-order valence-electron chi connectivity index (χ0n) is 12.5. The van der Waals surface area contributed by atoms with Crippen molar-refractivity contribution < 1.29 is 24.5 Å². The third kappa shape index (κ3) is 6.01. The lowest BCUT2D eigenvalue weighted by molar-refractivity contribution is -0.139. The number of rotatable bonds is 10. The number of ether oxygens (including phenoxy) is 2. The first-order chi connectivity index (χ1) is 10.1. The maximum atomic E-state index is 10.6. The average molecular weight is 297 g/mol. The lowest BCUT2D eigenvalue weighted by Crippen LogP contribution is -2.31. The topological polar surface area (TPSA) is 88.0 Å². The Morgan fingerprint density at radius 3 is 2.62 bits per heavy atom. The molecule has 0 aliphatic heterocycles. The Hall–Kier alpha value is -1.79. The van der Waals surface area contributed by atoms with Crippen LogP contribution in [0.15, 0.2) is 18.2 Å². The minimum absolute atomic E-state index is 0.0588. The molecule has 6 nitrogen and oxygen atoms in total. The summed E-state index contributed by atoms with van der Waals surface area (Å²) in [6, 6.07) is 5.42. The van der Waals surface area contributed by atoms with Crippen molar-refractivity contribution in [1.29, 1.82) is 0 Å². The van der Waals surface area contributed by atoms with Crippen LogP contribution < -0.4 is 14.8 Å². The predicted octanol–water partition coefficient (Wildman–Crippen LogP) is 1.41. The number of aliphatic hydroxyl groups excluding tert-OH is 1. The molecular formula is C15H23NO5. The molecule has 1 aromatic rings. The fourth-order valence-electron chi connectivity index (χ4n) is 1.79. The van der Waals surface area contributed by atoms with Crippen molar-refractivity contribution in [3.8, 4) is 11.5 Å². The van der Waals surface area contributed by atoms with Gasteiger partial charge in [0.05, 0.1) is 13.2 Å². The van der Waals surface area contributed by atoms with E-state index in [1.54, 1.807) is 6.07 Å². The van der Waals surface area contributed by atoms with Gasteiger partial charge in [0.2, 0.25) is 0 Å². The smallest absolute Gasteiger partial charge is 0.341 e. The lowest BCUT2D eigenvalue weighted by atomic mass is 10.1. The summed E-state index contributed by atoms with van der Waals surface area (Å²) in [5.41, 5.74) is 0.980. The molecule has 3 N–H and O–H groups in total. The molecule has 0 saturated heterocycles. The van der Waals surface area contributed by atoms with Crippen molar-refractivity contribution >= 4 is 5.97 Å². The SMILES string of the molecule is CCOc1cc(CN[C@@H](CC)CO)ccc1OCC(=O)O. The molecule has 0 bridgehead atoms. The van der Waals surface area contributed by atoms with E-state index < -0.39 is 12.6 Å². The molecule has 0 spiro atoms. The van der Waals surface area contributed by atoms with Crippen molar-refractivity contribution in [2.24, 2.45) is 0 Å². The van der Waals surface area contributed by atoms with E-state index in [9.17, 15) is 4.79 Å². The van der Waals surface area contributed by atoms with Gasteiger partial charge in [-0.05, 0) is 31.0 Å². The Labute approximate surface area is 124 Å². The van der Waals surface area contributed by atoms with Crippen molar-refractivity contribution in [3.05, 3.63) is 23.8 Å². The molecule has 0 unspecified atom stereocenters. The number of benzene rings is 1. The van der Waals surface area contributed by atoms with Gasteiger partial charge in [0.15, 0.2) is 18.1 Å². The zero-order valence-corrected chi connectivity index (χ0v) is 12.5. The Bertz CT molecular complexity index is 446. The van der Waals surface area contributed by atoms with Crippen molar-refractivity contribution in [3.63, 3.8) is 0 Å². The predicted molar refractivity (Wildman–Crippen MR) is 78.7 cm³/mol. The largest absolute Gasteiger partial charge is 0.490 e. The summed E-state index contributed by atoms with van der Waals surface area (Å²) in [7, 11) is 0. The van der Waals surface area contributed by atoms with E-state index in [4.69, 9.17) is 19.7 Å². The molecule has 0 radical (unpaired) electrons. The first kappa shape index (κ1) is 17.3. The molecule has 0 aliphatic rings. The molecule has 0 amide bonds. The van der Waals surface area contributed by atoms with Crippen LogP contribution >= 0.6 is 0 Å². The summed E-state index contributed by atoms with van der Waals surface area (Å²) in [5.74, 6) is -0.0933. The second-order valence-electron chi connectivity index (χ2n) is 4.57. The van der Waals surface area contributed by atoms with E-state index in [2.05, 4.69) is 5.32 Å². The second kappa shape index (κ2) is 9.20. The van der Waals surface area contributed by atoms with Crippen LogP contribution in [0.4, 0.5) is 0 Å². The highest BCUT2D eigenvalue weighted by atomic mass is 16.5. The van der Waals surface area contributed by atoms with Gasteiger partial charge in [-0.15, -0.1) is 0 Å². The highest BCUT2D eigenvalue weighted by Crippen LogP contribution is 2.28. The molecule has 1 rings (SSSR count). The summed E-state index contributed by atoms with van der Waals surface area (Å²) in [6.45, 7) is 4.61. The summed E-state index contributed by atoms with van der Waals surface area (Å²) >= 11 is 0. The number of carboxylic acids is 1. The number of aliphatic carboxylic acids is 1. The number of nitrogens with one attached hydrogen (secondary N) is 1. The number of hydrogen-bond donors (Lipinski definition) is 3. The van der Waals surface area contributed by atoms with Gasteiger partial charge in [-0.1, -0.05) is 13.0 Å². The molecule has 21 heavy (non-hydrogen) atoms. The second-order valence-corrected chi connectivity index (χ2v) is 4.57. The minimum Gasteiger partial charge on any atom is -0.490 e. The van der Waals surface area contributed by atoms with Crippen LogP contribution in [-0.4, -0.2) is 42.0 Å². The average Bonchev–Trinajstić information content (AvgIpc) is 2.47. The van der Waals surface area contributed by atoms with E-state index in [0.717, 1.165) is 12.0 Å². The molecule has 0 aromatic heterocycles. The first-order valence-electron chi connectivity index (χ1n) is 7.05. The molecule has 1 atom stereocenters. The van der Waals surface area contributed by atoms with Gasteiger partial charge in [0.25, 0.3) is 0 Å². The molecule has 1 aromatic carbocycles. The Morgan fingerprint density at radius 1 is 1.29 bits per heavy atom. The van der Waals surface area contributed by atoms with Gasteiger partial charge in [0.1, 0.15) is 0 Å². The maximum Gasteiger partial charge on any atom is 0.341 e. The van der Waals surface area contributed by atoms with Gasteiger partial charge in [-0.3, -0.25) is 0 Å². The fraction of sp³-hybridized carbons (Fsp3) is 0.533. The monoisotopic (exact) mass is 297 g/mol.